The molecule has 2 N–H and O–H groups in total. The van der Waals surface area contributed by atoms with Crippen LogP contribution in [0.2, 0.25) is 0 Å². The number of hydrogen-bond acceptors (Lipinski definition) is 4. The van der Waals surface area contributed by atoms with E-state index in [4.69, 9.17) is 4.74 Å². The zero-order chi connectivity index (χ0) is 13.6. The summed E-state index contributed by atoms with van der Waals surface area (Å²) in [5, 5.41) is 1.70. The van der Waals surface area contributed by atoms with Gasteiger partial charge in [0.25, 0.3) is 0 Å². The van der Waals surface area contributed by atoms with Gasteiger partial charge in [0.2, 0.25) is 0 Å². The second-order valence-corrected chi connectivity index (χ2v) is 3.77. The van der Waals surface area contributed by atoms with Crippen LogP contribution in [0.4, 0.5) is 4.79 Å². The summed E-state index contributed by atoms with van der Waals surface area (Å²) in [6.07, 6.45) is 0.122. The Hall–Kier alpha value is -0.940. The van der Waals surface area contributed by atoms with Crippen LogP contribution in [0.25, 0.3) is 0 Å². The molecule has 0 aliphatic heterocycles. The van der Waals surface area contributed by atoms with Crippen molar-refractivity contribution in [1.82, 2.24) is 0 Å². The molecule has 96 valence electrons. The first-order valence-electron chi connectivity index (χ1n) is 4.74. The molecule has 1 amide bonds. The molecule has 0 aliphatic carbocycles. The van der Waals surface area contributed by atoms with Gasteiger partial charge in [-0.15, -0.1) is 13.2 Å². The fourth-order valence-electron chi connectivity index (χ4n) is 0.413. The summed E-state index contributed by atoms with van der Waals surface area (Å²) in [7, 11) is 1.22. The molecule has 0 bridgehead atoms. The molecule has 0 radical (unpaired) electrons. The Morgan fingerprint density at radius 1 is 1.44 bits per heavy atom. The molecule has 0 aromatic heterocycles. The lowest BCUT2D eigenvalue weighted by molar-refractivity contribution is 0.00180. The smallest absolute Gasteiger partial charge is 0.404 e. The van der Waals surface area contributed by atoms with Gasteiger partial charge in [-0.05, 0) is 32.6 Å². The van der Waals surface area contributed by atoms with E-state index in [1.54, 1.807) is 5.37 Å². The average Bonchev–Trinajstić information content (AvgIpc) is 2.20. The van der Waals surface area contributed by atoms with Gasteiger partial charge in [0.15, 0.2) is 0 Å². The molecule has 0 atom stereocenters. The van der Waals surface area contributed by atoms with Crippen LogP contribution in [0.1, 0.15) is 27.2 Å². The van der Waals surface area contributed by atoms with Gasteiger partial charge in [0.1, 0.15) is 0 Å². The van der Waals surface area contributed by atoms with Crippen LogP contribution in [0.3, 0.4) is 0 Å². The molecule has 0 heterocycles. The minimum absolute atomic E-state index is 0.0155. The topological polar surface area (TPSA) is 61.6 Å². The first-order valence-corrected chi connectivity index (χ1v) is 5.21. The molecule has 0 aromatic carbocycles. The lowest BCUT2D eigenvalue weighted by Crippen LogP contribution is -2.19. The second kappa shape index (κ2) is 14.1. The maximum Gasteiger partial charge on any atom is 0.404 e. The molecular formula is C11H23NO3S. The highest BCUT2D eigenvalue weighted by Gasteiger charge is 2.07. The number of thiocarbonyl (C=S) groups is 1. The minimum atomic E-state index is -0.745. The number of methoxy groups -OCH3 is 1. The Balaban J connectivity index is -0.000000205. The third kappa shape index (κ3) is 38.1. The van der Waals surface area contributed by atoms with Crippen molar-refractivity contribution in [3.05, 3.63) is 13.2 Å². The molecule has 0 aromatic rings. The van der Waals surface area contributed by atoms with Gasteiger partial charge in [0.05, 0.1) is 19.3 Å². The van der Waals surface area contributed by atoms with Gasteiger partial charge in [-0.25, -0.2) is 4.79 Å². The van der Waals surface area contributed by atoms with E-state index < -0.39 is 6.09 Å². The standard InChI is InChI=1S/C7H14OS.C2H5NO2.C2H4/c1-7(2,3)8-5-4-6-9;1-5-2(3)4;1-2/h6H,4-5H2,1-3H3;1H3,(H2,3,4);1-2H2. The summed E-state index contributed by atoms with van der Waals surface area (Å²) < 4.78 is 9.26. The van der Waals surface area contributed by atoms with E-state index in [1.165, 1.54) is 7.11 Å². The summed E-state index contributed by atoms with van der Waals surface area (Å²) in [6.45, 7) is 12.9. The highest BCUT2D eigenvalue weighted by Crippen LogP contribution is 2.05. The largest absolute Gasteiger partial charge is 0.453 e. The Labute approximate surface area is 104 Å². The Morgan fingerprint density at radius 2 is 1.81 bits per heavy atom. The Morgan fingerprint density at radius 3 is 2.00 bits per heavy atom. The lowest BCUT2D eigenvalue weighted by atomic mass is 10.2. The normalized spacial score (nSPS) is 8.75. The number of ether oxygens (including phenoxy) is 2. The van der Waals surface area contributed by atoms with E-state index in [0.717, 1.165) is 13.0 Å². The predicted octanol–water partition coefficient (Wildman–Crippen LogP) is 2.71. The predicted molar refractivity (Wildman–Crippen MR) is 71.8 cm³/mol. The van der Waals surface area contributed by atoms with Crippen molar-refractivity contribution in [3.8, 4) is 0 Å². The lowest BCUT2D eigenvalue weighted by Gasteiger charge is -2.18. The van der Waals surface area contributed by atoms with Crippen molar-refractivity contribution in [2.24, 2.45) is 5.73 Å². The summed E-state index contributed by atoms with van der Waals surface area (Å²) in [6, 6.07) is 0. The monoisotopic (exact) mass is 249 g/mol. The van der Waals surface area contributed by atoms with Gasteiger partial charge in [0, 0.05) is 0 Å². The maximum absolute atomic E-state index is 9.37. The SMILES string of the molecule is C=C.CC(C)(C)OCCC=S.COC(N)=O. The highest BCUT2D eigenvalue weighted by atomic mass is 32.1. The fourth-order valence-corrected chi connectivity index (χ4v) is 0.509. The van der Waals surface area contributed by atoms with Crippen LogP contribution in [-0.4, -0.2) is 30.8 Å². The number of hydrogen-bond donors (Lipinski definition) is 1. The Kier molecular flexibility index (Phi) is 18.0. The molecule has 5 heteroatoms. The first-order chi connectivity index (χ1) is 7.33. The molecule has 0 fully saturated rings. The number of primary amides is 1. The quantitative estimate of drug-likeness (QED) is 0.474. The molecule has 0 aliphatic rings. The number of carbonyl (C=O) groups is 1. The molecule has 4 nitrogen and oxygen atoms in total. The number of amides is 1. The van der Waals surface area contributed by atoms with E-state index in [-0.39, 0.29) is 5.60 Å². The second-order valence-electron chi connectivity index (χ2n) is 3.44. The van der Waals surface area contributed by atoms with Crippen molar-refractivity contribution in [2.75, 3.05) is 13.7 Å². The molecule has 0 spiro atoms. The van der Waals surface area contributed by atoms with Crippen LogP contribution in [0.15, 0.2) is 13.2 Å². The molecule has 0 rings (SSSR count). The van der Waals surface area contributed by atoms with Gasteiger partial charge < -0.3 is 15.2 Å². The van der Waals surface area contributed by atoms with Crippen molar-refractivity contribution in [2.45, 2.75) is 32.8 Å². The molecule has 0 saturated carbocycles. The fraction of sp³-hybridized carbons (Fsp3) is 0.636. The zero-order valence-electron chi connectivity index (χ0n) is 10.6. The van der Waals surface area contributed by atoms with Crippen molar-refractivity contribution >= 4 is 23.7 Å². The number of carbonyl (C=O) groups excluding carboxylic acids is 1. The van der Waals surface area contributed by atoms with Crippen LogP contribution < -0.4 is 5.73 Å². The highest BCUT2D eigenvalue weighted by molar-refractivity contribution is 7.78. The van der Waals surface area contributed by atoms with E-state index in [9.17, 15) is 4.79 Å². The van der Waals surface area contributed by atoms with Gasteiger partial charge in [-0.2, -0.15) is 0 Å². The number of rotatable bonds is 3. The molecule has 0 saturated heterocycles. The van der Waals surface area contributed by atoms with E-state index in [2.05, 4.69) is 35.8 Å². The molecule has 0 unspecified atom stereocenters. The van der Waals surface area contributed by atoms with Gasteiger partial charge >= 0.3 is 6.09 Å². The zero-order valence-corrected chi connectivity index (χ0v) is 11.4. The summed E-state index contributed by atoms with van der Waals surface area (Å²) >= 11 is 4.64. The average molecular weight is 249 g/mol. The summed E-state index contributed by atoms with van der Waals surface area (Å²) in [5.41, 5.74) is 4.42. The third-order valence-corrected chi connectivity index (χ3v) is 1.21. The van der Waals surface area contributed by atoms with Crippen LogP contribution in [-0.2, 0) is 9.47 Å². The van der Waals surface area contributed by atoms with Crippen LogP contribution in [0.5, 0.6) is 0 Å². The maximum atomic E-state index is 9.37. The molecular weight excluding hydrogens is 226 g/mol. The van der Waals surface area contributed by atoms with Crippen molar-refractivity contribution in [1.29, 1.82) is 0 Å². The van der Waals surface area contributed by atoms with E-state index in [0.29, 0.717) is 0 Å². The summed E-state index contributed by atoms with van der Waals surface area (Å²) in [5.74, 6) is 0. The van der Waals surface area contributed by atoms with Gasteiger partial charge in [-0.3, -0.25) is 0 Å². The van der Waals surface area contributed by atoms with Crippen molar-refractivity contribution < 1.29 is 14.3 Å². The van der Waals surface area contributed by atoms with Crippen LogP contribution in [0, 0.1) is 0 Å². The van der Waals surface area contributed by atoms with E-state index in [1.807, 2.05) is 20.8 Å². The minimum Gasteiger partial charge on any atom is -0.453 e. The number of nitrogens with two attached hydrogens (primary N) is 1. The van der Waals surface area contributed by atoms with Crippen molar-refractivity contribution in [3.63, 3.8) is 0 Å². The summed E-state index contributed by atoms with van der Waals surface area (Å²) in [4.78, 5) is 9.37. The third-order valence-electron chi connectivity index (χ3n) is 0.972. The van der Waals surface area contributed by atoms with E-state index >= 15 is 0 Å². The van der Waals surface area contributed by atoms with Gasteiger partial charge in [-0.1, -0.05) is 12.2 Å². The van der Waals surface area contributed by atoms with Crippen LogP contribution >= 0.6 is 12.2 Å². The Bertz CT molecular complexity index is 179. The first kappa shape index (κ1) is 20.5. The molecule has 16 heavy (non-hydrogen) atoms.